The fraction of sp³-hybridized carbons (Fsp3) is 0.588. The van der Waals surface area contributed by atoms with E-state index in [1.165, 1.54) is 4.31 Å². The maximum atomic E-state index is 12.9. The van der Waals surface area contributed by atoms with Crippen molar-refractivity contribution < 1.29 is 13.2 Å². The van der Waals surface area contributed by atoms with Crippen LogP contribution in [0.4, 0.5) is 0 Å². The molecule has 0 aromatic heterocycles. The van der Waals surface area contributed by atoms with Gasteiger partial charge in [0.15, 0.2) is 0 Å². The van der Waals surface area contributed by atoms with Crippen LogP contribution in [0.25, 0.3) is 0 Å². The van der Waals surface area contributed by atoms with E-state index in [1.54, 1.807) is 35.2 Å². The standard InChI is InChI=1S/C17H25N3O3S/c18-14-17(8-4-5-9-17)16(21)19-10-12-20(13-11-19)24(22,23)15-6-2-1-3-7-15/h1-3,6-7H,4-5,8-14,18H2. The van der Waals surface area contributed by atoms with Crippen molar-refractivity contribution in [1.29, 1.82) is 0 Å². The van der Waals surface area contributed by atoms with Gasteiger partial charge in [0.1, 0.15) is 0 Å². The molecule has 1 aromatic rings. The van der Waals surface area contributed by atoms with E-state index < -0.39 is 15.4 Å². The Labute approximate surface area is 143 Å². The summed E-state index contributed by atoms with van der Waals surface area (Å²) in [6.45, 7) is 1.93. The van der Waals surface area contributed by atoms with Crippen LogP contribution in [-0.2, 0) is 14.8 Å². The minimum absolute atomic E-state index is 0.110. The van der Waals surface area contributed by atoms with Gasteiger partial charge in [-0.25, -0.2) is 8.42 Å². The topological polar surface area (TPSA) is 83.7 Å². The average molecular weight is 351 g/mol. The summed E-state index contributed by atoms with van der Waals surface area (Å²) in [5, 5.41) is 0. The predicted octanol–water partition coefficient (Wildman–Crippen LogP) is 1.04. The number of amides is 1. The second kappa shape index (κ2) is 6.82. The smallest absolute Gasteiger partial charge is 0.243 e. The Hall–Kier alpha value is -1.44. The molecule has 1 aliphatic carbocycles. The SMILES string of the molecule is NCC1(C(=O)N2CCN(S(=O)(=O)c3ccccc3)CC2)CCCC1. The molecule has 2 N–H and O–H groups in total. The van der Waals surface area contributed by atoms with Gasteiger partial charge in [0.25, 0.3) is 0 Å². The van der Waals surface area contributed by atoms with Crippen LogP contribution in [0, 0.1) is 5.41 Å². The van der Waals surface area contributed by atoms with E-state index in [9.17, 15) is 13.2 Å². The van der Waals surface area contributed by atoms with Gasteiger partial charge in [0.2, 0.25) is 15.9 Å². The lowest BCUT2D eigenvalue weighted by molar-refractivity contribution is -0.142. The summed E-state index contributed by atoms with van der Waals surface area (Å²) < 4.78 is 26.8. The zero-order chi connectivity index (χ0) is 17.2. The number of benzene rings is 1. The van der Waals surface area contributed by atoms with Crippen molar-refractivity contribution in [2.75, 3.05) is 32.7 Å². The molecule has 1 heterocycles. The summed E-state index contributed by atoms with van der Waals surface area (Å²) in [6.07, 6.45) is 3.80. The third-order valence-electron chi connectivity index (χ3n) is 5.31. The highest BCUT2D eigenvalue weighted by Crippen LogP contribution is 2.39. The first-order valence-electron chi connectivity index (χ1n) is 8.54. The number of sulfonamides is 1. The van der Waals surface area contributed by atoms with Gasteiger partial charge in [-0.15, -0.1) is 0 Å². The van der Waals surface area contributed by atoms with Crippen LogP contribution in [-0.4, -0.2) is 56.3 Å². The number of hydrogen-bond donors (Lipinski definition) is 1. The summed E-state index contributed by atoms with van der Waals surface area (Å²) in [7, 11) is -3.48. The molecule has 1 amide bonds. The molecule has 132 valence electrons. The molecule has 3 rings (SSSR count). The summed E-state index contributed by atoms with van der Waals surface area (Å²) in [6, 6.07) is 8.45. The zero-order valence-corrected chi connectivity index (χ0v) is 14.7. The largest absolute Gasteiger partial charge is 0.340 e. The van der Waals surface area contributed by atoms with Crippen molar-refractivity contribution in [3.63, 3.8) is 0 Å². The summed E-state index contributed by atoms with van der Waals surface area (Å²) in [4.78, 5) is 15.0. The number of piperazine rings is 1. The van der Waals surface area contributed by atoms with Crippen LogP contribution in [0.5, 0.6) is 0 Å². The third-order valence-corrected chi connectivity index (χ3v) is 7.22. The number of rotatable bonds is 4. The molecule has 1 aromatic carbocycles. The quantitative estimate of drug-likeness (QED) is 0.878. The molecule has 0 atom stereocenters. The molecule has 7 heteroatoms. The van der Waals surface area contributed by atoms with Gasteiger partial charge in [-0.3, -0.25) is 4.79 Å². The number of nitrogens with zero attached hydrogens (tertiary/aromatic N) is 2. The van der Waals surface area contributed by atoms with Gasteiger partial charge in [0, 0.05) is 32.7 Å². The molecule has 24 heavy (non-hydrogen) atoms. The Morgan fingerprint density at radius 3 is 2.17 bits per heavy atom. The molecule has 1 saturated heterocycles. The lowest BCUT2D eigenvalue weighted by Gasteiger charge is -2.39. The van der Waals surface area contributed by atoms with Crippen LogP contribution in [0.2, 0.25) is 0 Å². The number of carbonyl (C=O) groups excluding carboxylic acids is 1. The molecule has 0 unspecified atom stereocenters. The van der Waals surface area contributed by atoms with Crippen molar-refractivity contribution >= 4 is 15.9 Å². The Bertz CT molecular complexity index is 676. The first-order valence-corrected chi connectivity index (χ1v) is 9.98. The van der Waals surface area contributed by atoms with Gasteiger partial charge in [-0.2, -0.15) is 4.31 Å². The maximum absolute atomic E-state index is 12.9. The van der Waals surface area contributed by atoms with E-state index in [1.807, 2.05) is 0 Å². The van der Waals surface area contributed by atoms with Gasteiger partial charge in [0.05, 0.1) is 10.3 Å². The van der Waals surface area contributed by atoms with Gasteiger partial charge in [-0.05, 0) is 25.0 Å². The molecule has 2 aliphatic rings. The number of nitrogens with two attached hydrogens (primary N) is 1. The van der Waals surface area contributed by atoms with E-state index in [0.29, 0.717) is 37.6 Å². The second-order valence-electron chi connectivity index (χ2n) is 6.70. The Balaban J connectivity index is 1.67. The molecule has 0 radical (unpaired) electrons. The summed E-state index contributed by atoms with van der Waals surface area (Å²) in [5.41, 5.74) is 5.48. The van der Waals surface area contributed by atoms with Crippen molar-refractivity contribution in [2.45, 2.75) is 30.6 Å². The highest BCUT2D eigenvalue weighted by Gasteiger charge is 2.43. The van der Waals surface area contributed by atoms with Crippen molar-refractivity contribution in [1.82, 2.24) is 9.21 Å². The van der Waals surface area contributed by atoms with Gasteiger partial charge < -0.3 is 10.6 Å². The van der Waals surface area contributed by atoms with Gasteiger partial charge >= 0.3 is 0 Å². The number of carbonyl (C=O) groups is 1. The molecular weight excluding hydrogens is 326 g/mol. The van der Waals surface area contributed by atoms with E-state index in [2.05, 4.69) is 0 Å². The highest BCUT2D eigenvalue weighted by molar-refractivity contribution is 7.89. The van der Waals surface area contributed by atoms with E-state index in [0.717, 1.165) is 25.7 Å². The van der Waals surface area contributed by atoms with Crippen LogP contribution >= 0.6 is 0 Å². The normalized spacial score (nSPS) is 21.8. The molecule has 6 nitrogen and oxygen atoms in total. The van der Waals surface area contributed by atoms with Crippen LogP contribution in [0.3, 0.4) is 0 Å². The van der Waals surface area contributed by atoms with E-state index in [-0.39, 0.29) is 5.91 Å². The zero-order valence-electron chi connectivity index (χ0n) is 13.9. The molecule has 0 spiro atoms. The molecule has 2 fully saturated rings. The first kappa shape index (κ1) is 17.4. The first-order chi connectivity index (χ1) is 11.5. The van der Waals surface area contributed by atoms with Crippen LogP contribution < -0.4 is 5.73 Å². The highest BCUT2D eigenvalue weighted by atomic mass is 32.2. The molecular formula is C17H25N3O3S. The lowest BCUT2D eigenvalue weighted by Crippen LogP contribution is -2.55. The van der Waals surface area contributed by atoms with E-state index in [4.69, 9.17) is 5.73 Å². The summed E-state index contributed by atoms with van der Waals surface area (Å²) >= 11 is 0. The minimum Gasteiger partial charge on any atom is -0.340 e. The van der Waals surface area contributed by atoms with Crippen molar-refractivity contribution in [2.24, 2.45) is 11.1 Å². The molecule has 1 saturated carbocycles. The van der Waals surface area contributed by atoms with Crippen molar-refractivity contribution in [3.8, 4) is 0 Å². The average Bonchev–Trinajstić information content (AvgIpc) is 3.12. The second-order valence-corrected chi connectivity index (χ2v) is 8.64. The third kappa shape index (κ3) is 3.08. The minimum atomic E-state index is -3.48. The Kier molecular flexibility index (Phi) is 4.94. The molecule has 1 aliphatic heterocycles. The van der Waals surface area contributed by atoms with Crippen molar-refractivity contribution in [3.05, 3.63) is 30.3 Å². The van der Waals surface area contributed by atoms with Crippen LogP contribution in [0.15, 0.2) is 35.2 Å². The predicted molar refractivity (Wildman–Crippen MR) is 91.7 cm³/mol. The Morgan fingerprint density at radius 1 is 1.04 bits per heavy atom. The summed E-state index contributed by atoms with van der Waals surface area (Å²) in [5.74, 6) is 0.110. The fourth-order valence-corrected chi connectivity index (χ4v) is 5.21. The van der Waals surface area contributed by atoms with Crippen LogP contribution in [0.1, 0.15) is 25.7 Å². The van der Waals surface area contributed by atoms with Gasteiger partial charge in [-0.1, -0.05) is 31.0 Å². The molecule has 0 bridgehead atoms. The lowest BCUT2D eigenvalue weighted by atomic mass is 9.84. The monoisotopic (exact) mass is 351 g/mol. The fourth-order valence-electron chi connectivity index (χ4n) is 3.77. The maximum Gasteiger partial charge on any atom is 0.243 e. The number of hydrogen-bond acceptors (Lipinski definition) is 4. The Morgan fingerprint density at radius 2 is 1.62 bits per heavy atom. The van der Waals surface area contributed by atoms with E-state index >= 15 is 0 Å².